The molecule has 0 saturated heterocycles. The summed E-state index contributed by atoms with van der Waals surface area (Å²) in [4.78, 5) is 22.4. The van der Waals surface area contributed by atoms with Crippen molar-refractivity contribution < 1.29 is 24.2 Å². The zero-order valence-electron chi connectivity index (χ0n) is 10.8. The van der Waals surface area contributed by atoms with Gasteiger partial charge in [-0.1, -0.05) is 0 Å². The van der Waals surface area contributed by atoms with Gasteiger partial charge in [-0.3, -0.25) is 4.79 Å². The Morgan fingerprint density at radius 2 is 2.11 bits per heavy atom. The highest BCUT2D eigenvalue weighted by Gasteiger charge is 2.31. The van der Waals surface area contributed by atoms with Crippen molar-refractivity contribution in [3.8, 4) is 0 Å². The fourth-order valence-electron chi connectivity index (χ4n) is 1.98. The molecular weight excluding hydrogens is 238 g/mol. The van der Waals surface area contributed by atoms with Crippen LogP contribution in [0.15, 0.2) is 0 Å². The molecule has 1 fully saturated rings. The molecule has 0 radical (unpaired) electrons. The summed E-state index contributed by atoms with van der Waals surface area (Å²) in [5.41, 5.74) is 0. The average molecular weight is 259 g/mol. The standard InChI is InChI=1S/C12H21NO5/c1-3-18-9-4-8(5-9)6-11(15)13-7-10(14)12(16)17-2/h8-10,14H,3-7H2,1-2H3,(H,13,15). The topological polar surface area (TPSA) is 84.9 Å². The number of aliphatic hydroxyl groups excluding tert-OH is 1. The van der Waals surface area contributed by atoms with Crippen molar-refractivity contribution in [3.63, 3.8) is 0 Å². The minimum atomic E-state index is -1.29. The fraction of sp³-hybridized carbons (Fsp3) is 0.833. The maximum Gasteiger partial charge on any atom is 0.336 e. The molecule has 0 spiro atoms. The number of amides is 1. The van der Waals surface area contributed by atoms with Crippen molar-refractivity contribution in [3.05, 3.63) is 0 Å². The average Bonchev–Trinajstić information content (AvgIpc) is 2.32. The highest BCUT2D eigenvalue weighted by atomic mass is 16.5. The number of hydrogen-bond acceptors (Lipinski definition) is 5. The van der Waals surface area contributed by atoms with E-state index >= 15 is 0 Å². The number of rotatable bonds is 7. The molecule has 1 unspecified atom stereocenters. The third-order valence-corrected chi connectivity index (χ3v) is 3.03. The van der Waals surface area contributed by atoms with E-state index in [0.29, 0.717) is 18.9 Å². The van der Waals surface area contributed by atoms with Crippen molar-refractivity contribution in [1.82, 2.24) is 5.32 Å². The Kier molecular flexibility index (Phi) is 6.07. The summed E-state index contributed by atoms with van der Waals surface area (Å²) in [6.07, 6.45) is 1.21. The van der Waals surface area contributed by atoms with E-state index in [0.717, 1.165) is 12.8 Å². The monoisotopic (exact) mass is 259 g/mol. The van der Waals surface area contributed by atoms with E-state index in [1.807, 2.05) is 6.92 Å². The van der Waals surface area contributed by atoms with Crippen molar-refractivity contribution >= 4 is 11.9 Å². The Labute approximate surface area is 107 Å². The molecule has 0 aromatic carbocycles. The van der Waals surface area contributed by atoms with Crippen LogP contribution in [0.4, 0.5) is 0 Å². The lowest BCUT2D eigenvalue weighted by Crippen LogP contribution is -2.40. The van der Waals surface area contributed by atoms with Crippen molar-refractivity contribution in [2.75, 3.05) is 20.3 Å². The van der Waals surface area contributed by atoms with E-state index in [1.165, 1.54) is 7.11 Å². The second kappa shape index (κ2) is 7.33. The summed E-state index contributed by atoms with van der Waals surface area (Å²) in [6.45, 7) is 2.55. The summed E-state index contributed by atoms with van der Waals surface area (Å²) in [6, 6.07) is 0. The van der Waals surface area contributed by atoms with Gasteiger partial charge in [-0.05, 0) is 25.7 Å². The van der Waals surface area contributed by atoms with Crippen molar-refractivity contribution in [2.24, 2.45) is 5.92 Å². The number of aliphatic hydroxyl groups is 1. The minimum Gasteiger partial charge on any atom is -0.467 e. The third kappa shape index (κ3) is 4.62. The first-order valence-corrected chi connectivity index (χ1v) is 6.21. The number of carbonyl (C=O) groups is 2. The SMILES string of the molecule is CCOC1CC(CC(=O)NCC(O)C(=O)OC)C1. The molecule has 0 aliphatic heterocycles. The van der Waals surface area contributed by atoms with Gasteiger partial charge < -0.3 is 19.9 Å². The predicted octanol–water partition coefficient (Wildman–Crippen LogP) is -0.158. The fourth-order valence-corrected chi connectivity index (χ4v) is 1.98. The van der Waals surface area contributed by atoms with Crippen LogP contribution in [0.1, 0.15) is 26.2 Å². The predicted molar refractivity (Wildman–Crippen MR) is 63.8 cm³/mol. The van der Waals surface area contributed by atoms with Gasteiger partial charge in [-0.15, -0.1) is 0 Å². The molecular formula is C12H21NO5. The summed E-state index contributed by atoms with van der Waals surface area (Å²) >= 11 is 0. The van der Waals surface area contributed by atoms with Gasteiger partial charge in [0.1, 0.15) is 0 Å². The van der Waals surface area contributed by atoms with Crippen molar-refractivity contribution in [2.45, 2.75) is 38.4 Å². The Morgan fingerprint density at radius 1 is 1.44 bits per heavy atom. The molecule has 1 rings (SSSR count). The third-order valence-electron chi connectivity index (χ3n) is 3.03. The molecule has 1 aliphatic rings. The highest BCUT2D eigenvalue weighted by Crippen LogP contribution is 2.32. The van der Waals surface area contributed by atoms with Gasteiger partial charge in [-0.2, -0.15) is 0 Å². The van der Waals surface area contributed by atoms with Gasteiger partial charge in [0.15, 0.2) is 6.10 Å². The molecule has 18 heavy (non-hydrogen) atoms. The van der Waals surface area contributed by atoms with Crippen LogP contribution in [0.25, 0.3) is 0 Å². The van der Waals surface area contributed by atoms with Crippen LogP contribution in [0.3, 0.4) is 0 Å². The van der Waals surface area contributed by atoms with Gasteiger partial charge in [0.25, 0.3) is 0 Å². The lowest BCUT2D eigenvalue weighted by Gasteiger charge is -2.34. The second-order valence-electron chi connectivity index (χ2n) is 4.46. The van der Waals surface area contributed by atoms with Crippen LogP contribution in [0, 0.1) is 5.92 Å². The summed E-state index contributed by atoms with van der Waals surface area (Å²) < 4.78 is 9.74. The van der Waals surface area contributed by atoms with Crippen LogP contribution < -0.4 is 5.32 Å². The molecule has 0 aromatic rings. The zero-order valence-corrected chi connectivity index (χ0v) is 10.8. The molecule has 6 heteroatoms. The quantitative estimate of drug-likeness (QED) is 0.621. The number of hydrogen-bond donors (Lipinski definition) is 2. The number of nitrogens with one attached hydrogen (secondary N) is 1. The molecule has 6 nitrogen and oxygen atoms in total. The van der Waals surface area contributed by atoms with E-state index < -0.39 is 12.1 Å². The van der Waals surface area contributed by atoms with Crippen LogP contribution in [0.2, 0.25) is 0 Å². The highest BCUT2D eigenvalue weighted by molar-refractivity contribution is 5.78. The molecule has 1 aliphatic carbocycles. The number of methoxy groups -OCH3 is 1. The van der Waals surface area contributed by atoms with Gasteiger partial charge in [0.05, 0.1) is 19.8 Å². The Hall–Kier alpha value is -1.14. The Morgan fingerprint density at radius 3 is 2.67 bits per heavy atom. The first-order valence-electron chi connectivity index (χ1n) is 6.21. The molecule has 1 atom stereocenters. The normalized spacial score (nSPS) is 23.9. The van der Waals surface area contributed by atoms with Crippen LogP contribution >= 0.6 is 0 Å². The maximum atomic E-state index is 11.5. The van der Waals surface area contributed by atoms with E-state index in [2.05, 4.69) is 10.1 Å². The number of esters is 1. The van der Waals surface area contributed by atoms with E-state index in [9.17, 15) is 14.7 Å². The van der Waals surface area contributed by atoms with Crippen LogP contribution in [-0.4, -0.2) is 49.5 Å². The van der Waals surface area contributed by atoms with Gasteiger partial charge in [0, 0.05) is 13.0 Å². The van der Waals surface area contributed by atoms with Crippen molar-refractivity contribution in [1.29, 1.82) is 0 Å². The first-order chi connectivity index (χ1) is 8.56. The van der Waals surface area contributed by atoms with Gasteiger partial charge in [0.2, 0.25) is 5.91 Å². The second-order valence-corrected chi connectivity index (χ2v) is 4.46. The number of carbonyl (C=O) groups excluding carboxylic acids is 2. The smallest absolute Gasteiger partial charge is 0.336 e. The molecule has 0 bridgehead atoms. The van der Waals surface area contributed by atoms with E-state index in [4.69, 9.17) is 4.74 Å². The number of ether oxygens (including phenoxy) is 2. The molecule has 1 amide bonds. The minimum absolute atomic E-state index is 0.104. The molecule has 1 saturated carbocycles. The summed E-state index contributed by atoms with van der Waals surface area (Å²) in [5.74, 6) is -0.551. The zero-order chi connectivity index (χ0) is 13.5. The van der Waals surface area contributed by atoms with Crippen LogP contribution in [-0.2, 0) is 19.1 Å². The first kappa shape index (κ1) is 14.9. The summed E-state index contributed by atoms with van der Waals surface area (Å²) in [7, 11) is 1.19. The Bertz CT molecular complexity index is 288. The Balaban J connectivity index is 2.10. The largest absolute Gasteiger partial charge is 0.467 e. The molecule has 104 valence electrons. The molecule has 0 aromatic heterocycles. The van der Waals surface area contributed by atoms with E-state index in [-0.39, 0.29) is 18.6 Å². The van der Waals surface area contributed by atoms with Crippen LogP contribution in [0.5, 0.6) is 0 Å². The van der Waals surface area contributed by atoms with Gasteiger partial charge >= 0.3 is 5.97 Å². The molecule has 2 N–H and O–H groups in total. The van der Waals surface area contributed by atoms with E-state index in [1.54, 1.807) is 0 Å². The lowest BCUT2D eigenvalue weighted by molar-refractivity contribution is -0.150. The maximum absolute atomic E-state index is 11.5. The summed E-state index contributed by atoms with van der Waals surface area (Å²) in [5, 5.41) is 11.8. The lowest BCUT2D eigenvalue weighted by atomic mass is 9.80. The molecule has 0 heterocycles. The van der Waals surface area contributed by atoms with Gasteiger partial charge in [-0.25, -0.2) is 4.79 Å².